The number of thiophene rings is 1. The van der Waals surface area contributed by atoms with E-state index in [4.69, 9.17) is 4.74 Å². The Morgan fingerprint density at radius 3 is 2.78 bits per heavy atom. The maximum absolute atomic E-state index is 11.8. The number of aliphatic hydroxyl groups is 2. The fraction of sp³-hybridized carbons (Fsp3) is 0.429. The van der Waals surface area contributed by atoms with Gasteiger partial charge in [-0.2, -0.15) is 0 Å². The largest absolute Gasteiger partial charge is 0.497 e. The molecule has 1 aliphatic heterocycles. The van der Waals surface area contributed by atoms with Gasteiger partial charge in [0.25, 0.3) is 0 Å². The molecule has 3 N–H and O–H groups in total. The van der Waals surface area contributed by atoms with Crippen molar-refractivity contribution in [2.75, 3.05) is 26.7 Å². The number of hydrogen-bond acceptors (Lipinski definition) is 7. The average Bonchev–Trinajstić information content (AvgIpc) is 3.40. The van der Waals surface area contributed by atoms with E-state index in [-0.39, 0.29) is 18.4 Å². The Balaban J connectivity index is 1.47. The highest BCUT2D eigenvalue weighted by Gasteiger charge is 2.37. The molecule has 7 nitrogen and oxygen atoms in total. The summed E-state index contributed by atoms with van der Waals surface area (Å²) < 4.78 is 5.35. The molecule has 0 aliphatic carbocycles. The second kappa shape index (κ2) is 11.8. The smallest absolute Gasteiger partial charge is 0.303 e. The number of aromatic nitrogens is 1. The van der Waals surface area contributed by atoms with Gasteiger partial charge in [0.15, 0.2) is 0 Å². The molecule has 4 rings (SSSR count). The first-order valence-electron chi connectivity index (χ1n) is 12.1. The van der Waals surface area contributed by atoms with E-state index in [2.05, 4.69) is 21.7 Å². The van der Waals surface area contributed by atoms with Crippen LogP contribution < -0.4 is 4.74 Å². The lowest BCUT2D eigenvalue weighted by Gasteiger charge is -2.41. The Morgan fingerprint density at radius 1 is 1.31 bits per heavy atom. The van der Waals surface area contributed by atoms with E-state index in [1.807, 2.05) is 35.7 Å². The number of methoxy groups -OCH3 is 1. The van der Waals surface area contributed by atoms with Gasteiger partial charge in [-0.3, -0.25) is 14.7 Å². The SMILES string of the molecule is COc1ccc2ncc(CO)c([C@@H](O)CCC3(CC(=O)O)CCN(CC#Cc4cccs4)CC3)c2c1. The lowest BCUT2D eigenvalue weighted by Crippen LogP contribution is -2.41. The maximum Gasteiger partial charge on any atom is 0.303 e. The van der Waals surface area contributed by atoms with E-state index in [1.165, 1.54) is 0 Å². The minimum atomic E-state index is -0.856. The van der Waals surface area contributed by atoms with E-state index in [0.717, 1.165) is 36.2 Å². The number of likely N-dealkylation sites (tertiary alicyclic amines) is 1. The molecule has 2 aromatic heterocycles. The van der Waals surface area contributed by atoms with Crippen molar-refractivity contribution in [2.24, 2.45) is 5.41 Å². The summed E-state index contributed by atoms with van der Waals surface area (Å²) >= 11 is 1.62. The number of rotatable bonds is 9. The minimum Gasteiger partial charge on any atom is -0.497 e. The Labute approximate surface area is 215 Å². The molecule has 0 spiro atoms. The van der Waals surface area contributed by atoms with Crippen LogP contribution in [-0.2, 0) is 11.4 Å². The van der Waals surface area contributed by atoms with E-state index < -0.39 is 12.1 Å². The lowest BCUT2D eigenvalue weighted by molar-refractivity contribution is -0.141. The molecule has 36 heavy (non-hydrogen) atoms. The van der Waals surface area contributed by atoms with Gasteiger partial charge in [0.2, 0.25) is 0 Å². The number of nitrogens with zero attached hydrogens (tertiary/aromatic N) is 2. The van der Waals surface area contributed by atoms with Gasteiger partial charge in [0, 0.05) is 17.1 Å². The number of aliphatic carboxylic acids is 1. The molecular weight excluding hydrogens is 476 g/mol. The number of benzene rings is 1. The van der Waals surface area contributed by atoms with Crippen LogP contribution in [0.3, 0.4) is 0 Å². The van der Waals surface area contributed by atoms with Crippen molar-refractivity contribution in [3.63, 3.8) is 0 Å². The van der Waals surface area contributed by atoms with Crippen molar-refractivity contribution in [1.29, 1.82) is 0 Å². The van der Waals surface area contributed by atoms with Crippen molar-refractivity contribution in [1.82, 2.24) is 9.88 Å². The van der Waals surface area contributed by atoms with Crippen LogP contribution >= 0.6 is 11.3 Å². The highest BCUT2D eigenvalue weighted by atomic mass is 32.1. The van der Waals surface area contributed by atoms with Crippen LogP contribution in [0.2, 0.25) is 0 Å². The highest BCUT2D eigenvalue weighted by molar-refractivity contribution is 7.10. The van der Waals surface area contributed by atoms with Crippen LogP contribution in [-0.4, -0.2) is 57.9 Å². The summed E-state index contributed by atoms with van der Waals surface area (Å²) in [5.74, 6) is 6.24. The first kappa shape index (κ1) is 26.1. The molecule has 3 heterocycles. The molecule has 1 saturated heterocycles. The number of aliphatic hydroxyl groups excluding tert-OH is 2. The summed E-state index contributed by atoms with van der Waals surface area (Å²) in [5.41, 5.74) is 1.52. The normalized spacial score (nSPS) is 16.3. The molecule has 1 aromatic carbocycles. The summed E-state index contributed by atoms with van der Waals surface area (Å²) in [6.07, 6.45) is 3.27. The fourth-order valence-corrected chi connectivity index (χ4v) is 5.67. The number of carbonyl (C=O) groups is 1. The number of carboxylic acid groups (broad SMARTS) is 1. The first-order chi connectivity index (χ1) is 17.4. The van der Waals surface area contributed by atoms with Gasteiger partial charge in [0.1, 0.15) is 5.75 Å². The number of fused-ring (bicyclic) bond motifs is 1. The van der Waals surface area contributed by atoms with E-state index in [1.54, 1.807) is 24.6 Å². The van der Waals surface area contributed by atoms with Gasteiger partial charge in [-0.1, -0.05) is 17.9 Å². The molecular formula is C28H32N2O5S. The highest BCUT2D eigenvalue weighted by Crippen LogP contribution is 2.42. The van der Waals surface area contributed by atoms with Crippen LogP contribution in [0.1, 0.15) is 54.2 Å². The lowest BCUT2D eigenvalue weighted by atomic mass is 9.71. The molecule has 190 valence electrons. The molecule has 0 amide bonds. The van der Waals surface area contributed by atoms with Crippen molar-refractivity contribution >= 4 is 28.2 Å². The molecule has 1 aliphatic rings. The van der Waals surface area contributed by atoms with Crippen LogP contribution in [0.5, 0.6) is 5.75 Å². The summed E-state index contributed by atoms with van der Waals surface area (Å²) in [6, 6.07) is 9.45. The third-order valence-electron chi connectivity index (χ3n) is 7.13. The predicted octanol–water partition coefficient (Wildman–Crippen LogP) is 4.22. The van der Waals surface area contributed by atoms with Crippen molar-refractivity contribution in [3.05, 3.63) is 57.9 Å². The second-order valence-electron chi connectivity index (χ2n) is 9.42. The van der Waals surface area contributed by atoms with Crippen molar-refractivity contribution in [3.8, 4) is 17.6 Å². The number of piperidine rings is 1. The van der Waals surface area contributed by atoms with Crippen LogP contribution in [0.15, 0.2) is 41.9 Å². The van der Waals surface area contributed by atoms with E-state index >= 15 is 0 Å². The number of ether oxygens (including phenoxy) is 1. The third-order valence-corrected chi connectivity index (χ3v) is 7.91. The molecule has 0 saturated carbocycles. The Morgan fingerprint density at radius 2 is 2.11 bits per heavy atom. The Bertz CT molecular complexity index is 1230. The van der Waals surface area contributed by atoms with E-state index in [9.17, 15) is 20.1 Å². The fourth-order valence-electron chi connectivity index (χ4n) is 5.08. The first-order valence-corrected chi connectivity index (χ1v) is 13.0. The Hall–Kier alpha value is -2.96. The molecule has 8 heteroatoms. The van der Waals surface area contributed by atoms with Crippen molar-refractivity contribution < 1.29 is 24.9 Å². The number of hydrogen-bond donors (Lipinski definition) is 3. The second-order valence-corrected chi connectivity index (χ2v) is 10.4. The van der Waals surface area contributed by atoms with E-state index in [0.29, 0.717) is 41.8 Å². The standard InChI is InChI=1S/C28H32N2O5S/c1-35-21-6-7-24-23(16-21)27(20(19-31)18-29-24)25(32)8-9-28(17-26(33)34)10-13-30(14-11-28)12-2-4-22-5-3-15-36-22/h3,5-7,15-16,18,25,31-32H,8-14,17,19H2,1H3,(H,33,34)/t25-/m0/s1. The molecule has 1 atom stereocenters. The summed E-state index contributed by atoms with van der Waals surface area (Å²) in [7, 11) is 1.58. The topological polar surface area (TPSA) is 103 Å². The van der Waals surface area contributed by atoms with Gasteiger partial charge >= 0.3 is 5.97 Å². The third kappa shape index (κ3) is 6.23. The predicted molar refractivity (Wildman–Crippen MR) is 140 cm³/mol. The molecule has 0 bridgehead atoms. The average molecular weight is 509 g/mol. The monoisotopic (exact) mass is 508 g/mol. The number of carboxylic acids is 1. The van der Waals surface area contributed by atoms with Gasteiger partial charge in [0.05, 0.1) is 43.2 Å². The molecule has 1 fully saturated rings. The Kier molecular flexibility index (Phi) is 8.60. The molecule has 0 radical (unpaired) electrons. The summed E-state index contributed by atoms with van der Waals surface area (Å²) in [6.45, 7) is 1.97. The zero-order valence-corrected chi connectivity index (χ0v) is 21.3. The van der Waals surface area contributed by atoms with Crippen LogP contribution in [0, 0.1) is 17.3 Å². The minimum absolute atomic E-state index is 0.0756. The maximum atomic E-state index is 11.8. The van der Waals surface area contributed by atoms with Crippen LogP contribution in [0.4, 0.5) is 0 Å². The van der Waals surface area contributed by atoms with Gasteiger partial charge in [-0.25, -0.2) is 0 Å². The summed E-state index contributed by atoms with van der Waals surface area (Å²) in [4.78, 5) is 19.5. The quantitative estimate of drug-likeness (QED) is 0.372. The number of pyridine rings is 1. The molecule has 3 aromatic rings. The zero-order chi connectivity index (χ0) is 25.5. The van der Waals surface area contributed by atoms with Gasteiger partial charge < -0.3 is 20.1 Å². The van der Waals surface area contributed by atoms with Gasteiger partial charge in [-0.15, -0.1) is 11.3 Å². The zero-order valence-electron chi connectivity index (χ0n) is 20.4. The van der Waals surface area contributed by atoms with Crippen LogP contribution in [0.25, 0.3) is 10.9 Å². The summed E-state index contributed by atoms with van der Waals surface area (Å²) in [5, 5.41) is 33.6. The van der Waals surface area contributed by atoms with Gasteiger partial charge in [-0.05, 0) is 79.4 Å². The van der Waals surface area contributed by atoms with Crippen molar-refractivity contribution in [2.45, 2.75) is 44.8 Å². The molecule has 0 unspecified atom stereocenters.